The van der Waals surface area contributed by atoms with Crippen LogP contribution in [0, 0.1) is 5.92 Å². The van der Waals surface area contributed by atoms with Crippen molar-refractivity contribution in [3.05, 3.63) is 12.4 Å². The normalized spacial score (nSPS) is 21.9. The summed E-state index contributed by atoms with van der Waals surface area (Å²) in [5.74, 6) is 1.36. The Morgan fingerprint density at radius 3 is 2.94 bits per heavy atom. The van der Waals surface area contributed by atoms with Gasteiger partial charge in [-0.3, -0.25) is 0 Å². The van der Waals surface area contributed by atoms with E-state index >= 15 is 0 Å². The number of rotatable bonds is 3. The maximum absolute atomic E-state index is 5.52. The summed E-state index contributed by atoms with van der Waals surface area (Å²) in [6.07, 6.45) is 5.82. The fraction of sp³-hybridized carbons (Fsp3) is 0.636. The van der Waals surface area contributed by atoms with Gasteiger partial charge in [-0.15, -0.1) is 0 Å². The first-order chi connectivity index (χ1) is 7.74. The van der Waals surface area contributed by atoms with Crippen molar-refractivity contribution in [1.82, 2.24) is 14.9 Å². The zero-order valence-electron chi connectivity index (χ0n) is 9.69. The third kappa shape index (κ3) is 3.06. The molecular weight excluding hydrogens is 202 g/mol. The molecular formula is C11H19N5. The van der Waals surface area contributed by atoms with E-state index in [1.165, 1.54) is 19.4 Å². The molecule has 0 amide bonds. The number of nitrogens with one attached hydrogen (secondary N) is 1. The summed E-state index contributed by atoms with van der Waals surface area (Å²) in [4.78, 5) is 10.6. The van der Waals surface area contributed by atoms with Crippen molar-refractivity contribution >= 4 is 11.6 Å². The molecule has 0 radical (unpaired) electrons. The minimum absolute atomic E-state index is 0.600. The number of nitrogens with zero attached hydrogens (tertiary/aromatic N) is 3. The number of hydrogen-bond donors (Lipinski definition) is 2. The van der Waals surface area contributed by atoms with Gasteiger partial charge in [0, 0.05) is 13.1 Å². The van der Waals surface area contributed by atoms with Crippen molar-refractivity contribution < 1.29 is 0 Å². The smallest absolute Gasteiger partial charge is 0.222 e. The molecule has 5 heteroatoms. The Morgan fingerprint density at radius 2 is 2.25 bits per heavy atom. The summed E-state index contributed by atoms with van der Waals surface area (Å²) in [5.41, 5.74) is 6.12. The van der Waals surface area contributed by atoms with Crippen LogP contribution in [0.2, 0.25) is 0 Å². The van der Waals surface area contributed by atoms with Crippen LogP contribution in [-0.4, -0.2) is 41.5 Å². The molecule has 0 aliphatic carbocycles. The van der Waals surface area contributed by atoms with E-state index in [1.807, 2.05) is 0 Å². The molecule has 5 nitrogen and oxygen atoms in total. The first-order valence-electron chi connectivity index (χ1n) is 5.74. The van der Waals surface area contributed by atoms with Gasteiger partial charge in [-0.2, -0.15) is 0 Å². The molecule has 1 aromatic heterocycles. The SMILES string of the molecule is CN1CCCC(CNc2ncc(N)cn2)C1. The van der Waals surface area contributed by atoms with Gasteiger partial charge in [0.05, 0.1) is 18.1 Å². The highest BCUT2D eigenvalue weighted by atomic mass is 15.1. The fourth-order valence-corrected chi connectivity index (χ4v) is 2.10. The quantitative estimate of drug-likeness (QED) is 0.790. The fourth-order valence-electron chi connectivity index (χ4n) is 2.10. The van der Waals surface area contributed by atoms with Crippen LogP contribution in [0.1, 0.15) is 12.8 Å². The number of likely N-dealkylation sites (tertiary alicyclic amines) is 1. The van der Waals surface area contributed by atoms with Crippen molar-refractivity contribution in [2.24, 2.45) is 5.92 Å². The first-order valence-corrected chi connectivity index (χ1v) is 5.74. The molecule has 3 N–H and O–H groups in total. The Hall–Kier alpha value is -1.36. The molecule has 16 heavy (non-hydrogen) atoms. The summed E-state index contributed by atoms with van der Waals surface area (Å²) in [7, 11) is 2.17. The number of piperidine rings is 1. The highest BCUT2D eigenvalue weighted by molar-refractivity contribution is 5.35. The number of aromatic nitrogens is 2. The van der Waals surface area contributed by atoms with Crippen LogP contribution >= 0.6 is 0 Å². The lowest BCUT2D eigenvalue weighted by Gasteiger charge is -2.29. The van der Waals surface area contributed by atoms with Gasteiger partial charge in [0.1, 0.15) is 0 Å². The summed E-state index contributed by atoms with van der Waals surface area (Å²) in [6.45, 7) is 3.31. The summed E-state index contributed by atoms with van der Waals surface area (Å²) in [5, 5.41) is 3.26. The average Bonchev–Trinajstić information content (AvgIpc) is 2.28. The number of nitrogens with two attached hydrogens (primary N) is 1. The van der Waals surface area contributed by atoms with Crippen LogP contribution in [-0.2, 0) is 0 Å². The molecule has 1 aliphatic heterocycles. The molecule has 1 saturated heterocycles. The standard InChI is InChI=1S/C11H19N5/c1-16-4-2-3-9(8-16)5-13-11-14-6-10(12)7-15-11/h6-7,9H,2-5,8,12H2,1H3,(H,13,14,15). The van der Waals surface area contributed by atoms with Crippen LogP contribution in [0.15, 0.2) is 12.4 Å². The van der Waals surface area contributed by atoms with Crippen LogP contribution in [0.25, 0.3) is 0 Å². The molecule has 0 spiro atoms. The van der Waals surface area contributed by atoms with Gasteiger partial charge in [0.15, 0.2) is 0 Å². The van der Waals surface area contributed by atoms with Gasteiger partial charge < -0.3 is 16.0 Å². The molecule has 2 heterocycles. The molecule has 88 valence electrons. The number of anilines is 2. The Kier molecular flexibility index (Phi) is 3.56. The van der Waals surface area contributed by atoms with E-state index < -0.39 is 0 Å². The van der Waals surface area contributed by atoms with Crippen molar-refractivity contribution in [2.75, 3.05) is 37.7 Å². The molecule has 1 atom stereocenters. The van der Waals surface area contributed by atoms with E-state index in [4.69, 9.17) is 5.73 Å². The summed E-state index contributed by atoms with van der Waals surface area (Å²) in [6, 6.07) is 0. The van der Waals surface area contributed by atoms with E-state index in [1.54, 1.807) is 12.4 Å². The second kappa shape index (κ2) is 5.12. The molecule has 1 aromatic rings. The monoisotopic (exact) mass is 221 g/mol. The van der Waals surface area contributed by atoms with Crippen molar-refractivity contribution in [1.29, 1.82) is 0 Å². The molecule has 1 unspecified atom stereocenters. The minimum atomic E-state index is 0.600. The second-order valence-electron chi connectivity index (χ2n) is 4.49. The highest BCUT2D eigenvalue weighted by Gasteiger charge is 2.16. The Morgan fingerprint density at radius 1 is 1.50 bits per heavy atom. The lowest BCUT2D eigenvalue weighted by Crippen LogP contribution is -2.35. The third-order valence-corrected chi connectivity index (χ3v) is 2.94. The van der Waals surface area contributed by atoms with Gasteiger partial charge >= 0.3 is 0 Å². The Bertz CT molecular complexity index is 324. The van der Waals surface area contributed by atoms with Gasteiger partial charge in [-0.05, 0) is 32.4 Å². The molecule has 1 fully saturated rings. The van der Waals surface area contributed by atoms with Gasteiger partial charge in [0.2, 0.25) is 5.95 Å². The number of hydrogen-bond acceptors (Lipinski definition) is 5. The molecule has 0 aromatic carbocycles. The van der Waals surface area contributed by atoms with Crippen molar-refractivity contribution in [3.8, 4) is 0 Å². The maximum atomic E-state index is 5.52. The zero-order chi connectivity index (χ0) is 11.4. The molecule has 0 saturated carbocycles. The van der Waals surface area contributed by atoms with Crippen molar-refractivity contribution in [2.45, 2.75) is 12.8 Å². The maximum Gasteiger partial charge on any atom is 0.222 e. The van der Waals surface area contributed by atoms with E-state index in [-0.39, 0.29) is 0 Å². The molecule has 0 bridgehead atoms. The Balaban J connectivity index is 1.80. The average molecular weight is 221 g/mol. The van der Waals surface area contributed by atoms with Crippen LogP contribution < -0.4 is 11.1 Å². The predicted molar refractivity (Wildman–Crippen MR) is 65.2 cm³/mol. The topological polar surface area (TPSA) is 67.1 Å². The Labute approximate surface area is 96.1 Å². The van der Waals surface area contributed by atoms with Gasteiger partial charge in [-0.25, -0.2) is 9.97 Å². The minimum Gasteiger partial charge on any atom is -0.396 e. The van der Waals surface area contributed by atoms with E-state index in [2.05, 4.69) is 27.2 Å². The second-order valence-corrected chi connectivity index (χ2v) is 4.49. The van der Waals surface area contributed by atoms with Gasteiger partial charge in [-0.1, -0.05) is 0 Å². The molecule has 1 aliphatic rings. The lowest BCUT2D eigenvalue weighted by atomic mass is 9.99. The third-order valence-electron chi connectivity index (χ3n) is 2.94. The first kappa shape index (κ1) is 11.1. The van der Waals surface area contributed by atoms with Crippen LogP contribution in [0.5, 0.6) is 0 Å². The van der Waals surface area contributed by atoms with E-state index in [0.29, 0.717) is 17.6 Å². The largest absolute Gasteiger partial charge is 0.396 e. The van der Waals surface area contributed by atoms with E-state index in [0.717, 1.165) is 13.1 Å². The molecule has 2 rings (SSSR count). The van der Waals surface area contributed by atoms with E-state index in [9.17, 15) is 0 Å². The highest BCUT2D eigenvalue weighted by Crippen LogP contribution is 2.15. The zero-order valence-corrected chi connectivity index (χ0v) is 9.69. The predicted octanol–water partition coefficient (Wildman–Crippen LogP) is 0.812. The van der Waals surface area contributed by atoms with Gasteiger partial charge in [0.25, 0.3) is 0 Å². The number of nitrogen functional groups attached to an aromatic ring is 1. The van der Waals surface area contributed by atoms with Crippen molar-refractivity contribution in [3.63, 3.8) is 0 Å². The van der Waals surface area contributed by atoms with Crippen LogP contribution in [0.3, 0.4) is 0 Å². The lowest BCUT2D eigenvalue weighted by molar-refractivity contribution is 0.217. The summed E-state index contributed by atoms with van der Waals surface area (Å²) >= 11 is 0. The van der Waals surface area contributed by atoms with Crippen LogP contribution in [0.4, 0.5) is 11.6 Å². The summed E-state index contributed by atoms with van der Waals surface area (Å²) < 4.78 is 0.